The molecular formula is C12H10BrFN2O3. The van der Waals surface area contributed by atoms with Crippen molar-refractivity contribution in [2.45, 2.75) is 12.5 Å². The Balaban J connectivity index is 2.69. The lowest BCUT2D eigenvalue weighted by molar-refractivity contribution is -0.139. The molecule has 1 rings (SSSR count). The Kier molecular flexibility index (Phi) is 5.33. The first kappa shape index (κ1) is 15.0. The molecule has 0 saturated heterocycles. The van der Waals surface area contributed by atoms with Crippen molar-refractivity contribution in [3.63, 3.8) is 0 Å². The molecule has 0 spiro atoms. The molecule has 1 aromatic rings. The second kappa shape index (κ2) is 6.75. The smallest absolute Gasteiger partial charge is 0.327 e. The number of urea groups is 1. The van der Waals surface area contributed by atoms with Gasteiger partial charge in [0.15, 0.2) is 0 Å². The van der Waals surface area contributed by atoms with Gasteiger partial charge in [-0.25, -0.2) is 14.0 Å². The third-order valence-corrected chi connectivity index (χ3v) is 2.60. The Labute approximate surface area is 117 Å². The number of hydrogen-bond donors (Lipinski definition) is 3. The van der Waals surface area contributed by atoms with Gasteiger partial charge in [-0.05, 0) is 18.2 Å². The van der Waals surface area contributed by atoms with Crippen molar-refractivity contribution in [1.82, 2.24) is 5.32 Å². The number of rotatable bonds is 4. The molecule has 0 bridgehead atoms. The number of terminal acetylenes is 1. The summed E-state index contributed by atoms with van der Waals surface area (Å²) in [6.07, 6.45) is 4.82. The zero-order chi connectivity index (χ0) is 14.4. The minimum Gasteiger partial charge on any atom is -0.480 e. The van der Waals surface area contributed by atoms with E-state index in [9.17, 15) is 14.0 Å². The zero-order valence-electron chi connectivity index (χ0n) is 9.61. The number of carboxylic acids is 1. The summed E-state index contributed by atoms with van der Waals surface area (Å²) in [5.41, 5.74) is -0.0643. The summed E-state index contributed by atoms with van der Waals surface area (Å²) in [4.78, 5) is 22.3. The normalized spacial score (nSPS) is 11.2. The van der Waals surface area contributed by atoms with E-state index in [1.54, 1.807) is 0 Å². The third-order valence-electron chi connectivity index (χ3n) is 2.10. The van der Waals surface area contributed by atoms with E-state index in [0.717, 1.165) is 0 Å². The van der Waals surface area contributed by atoms with Crippen LogP contribution in [0.4, 0.5) is 14.9 Å². The van der Waals surface area contributed by atoms with Crippen LogP contribution >= 0.6 is 15.9 Å². The molecule has 1 unspecified atom stereocenters. The molecule has 0 aliphatic carbocycles. The maximum absolute atomic E-state index is 13.4. The van der Waals surface area contributed by atoms with Crippen LogP contribution in [-0.2, 0) is 4.79 Å². The second-order valence-electron chi connectivity index (χ2n) is 3.52. The first-order chi connectivity index (χ1) is 8.93. The summed E-state index contributed by atoms with van der Waals surface area (Å²) in [6.45, 7) is 0. The predicted molar refractivity (Wildman–Crippen MR) is 71.1 cm³/mol. The summed E-state index contributed by atoms with van der Waals surface area (Å²) in [5.74, 6) is 0.229. The van der Waals surface area contributed by atoms with E-state index in [-0.39, 0.29) is 12.1 Å². The number of hydrogen-bond acceptors (Lipinski definition) is 2. The average molecular weight is 329 g/mol. The van der Waals surface area contributed by atoms with Crippen molar-refractivity contribution >= 4 is 33.6 Å². The van der Waals surface area contributed by atoms with Crippen LogP contribution in [-0.4, -0.2) is 23.1 Å². The first-order valence-corrected chi connectivity index (χ1v) is 5.92. The van der Waals surface area contributed by atoms with Gasteiger partial charge in [-0.1, -0.05) is 15.9 Å². The number of carbonyl (C=O) groups is 2. The topological polar surface area (TPSA) is 78.4 Å². The van der Waals surface area contributed by atoms with E-state index >= 15 is 0 Å². The highest BCUT2D eigenvalue weighted by molar-refractivity contribution is 9.10. The SMILES string of the molecule is C#CCC(NC(=O)Nc1ccc(Br)cc1F)C(=O)O. The monoisotopic (exact) mass is 328 g/mol. The van der Waals surface area contributed by atoms with Gasteiger partial charge < -0.3 is 15.7 Å². The summed E-state index contributed by atoms with van der Waals surface area (Å²) in [6, 6.07) is 1.99. The number of halogens is 2. The van der Waals surface area contributed by atoms with Crippen molar-refractivity contribution < 1.29 is 19.1 Å². The molecular weight excluding hydrogens is 319 g/mol. The van der Waals surface area contributed by atoms with E-state index in [1.165, 1.54) is 18.2 Å². The molecule has 0 aliphatic rings. The molecule has 7 heteroatoms. The van der Waals surface area contributed by atoms with Crippen molar-refractivity contribution in [2.24, 2.45) is 0 Å². The second-order valence-corrected chi connectivity index (χ2v) is 4.44. The molecule has 2 amide bonds. The fourth-order valence-corrected chi connectivity index (χ4v) is 1.56. The summed E-state index contributed by atoms with van der Waals surface area (Å²) in [5, 5.41) is 13.1. The Bertz CT molecular complexity index is 542. The molecule has 1 atom stereocenters. The summed E-state index contributed by atoms with van der Waals surface area (Å²) in [7, 11) is 0. The zero-order valence-corrected chi connectivity index (χ0v) is 11.2. The minimum absolute atomic E-state index is 0.0643. The van der Waals surface area contributed by atoms with E-state index in [1.807, 2.05) is 0 Å². The summed E-state index contributed by atoms with van der Waals surface area (Å²) < 4.78 is 14.0. The van der Waals surface area contributed by atoms with Gasteiger partial charge in [-0.2, -0.15) is 0 Å². The molecule has 0 aromatic heterocycles. The van der Waals surface area contributed by atoms with Gasteiger partial charge in [0.25, 0.3) is 0 Å². The molecule has 3 N–H and O–H groups in total. The van der Waals surface area contributed by atoms with Crippen LogP contribution in [0.15, 0.2) is 22.7 Å². The van der Waals surface area contributed by atoms with Crippen LogP contribution in [0.3, 0.4) is 0 Å². The molecule has 5 nitrogen and oxygen atoms in total. The molecule has 0 heterocycles. The number of anilines is 1. The Morgan fingerprint density at radius 3 is 2.74 bits per heavy atom. The maximum atomic E-state index is 13.4. The molecule has 100 valence electrons. The summed E-state index contributed by atoms with van der Waals surface area (Å²) >= 11 is 3.07. The molecule has 0 aliphatic heterocycles. The molecule has 19 heavy (non-hydrogen) atoms. The van der Waals surface area contributed by atoms with Crippen molar-refractivity contribution in [3.8, 4) is 12.3 Å². The number of aliphatic carboxylic acids is 1. The first-order valence-electron chi connectivity index (χ1n) is 5.13. The Hall–Kier alpha value is -2.07. The van der Waals surface area contributed by atoms with Crippen molar-refractivity contribution in [3.05, 3.63) is 28.5 Å². The third kappa shape index (κ3) is 4.60. The maximum Gasteiger partial charge on any atom is 0.327 e. The van der Waals surface area contributed by atoms with Gasteiger partial charge in [-0.15, -0.1) is 12.3 Å². The highest BCUT2D eigenvalue weighted by Gasteiger charge is 2.19. The largest absolute Gasteiger partial charge is 0.480 e. The lowest BCUT2D eigenvalue weighted by Crippen LogP contribution is -2.42. The average Bonchev–Trinajstić information content (AvgIpc) is 2.32. The van der Waals surface area contributed by atoms with Crippen LogP contribution in [0.5, 0.6) is 0 Å². The number of carboxylic acid groups (broad SMARTS) is 1. The van der Waals surface area contributed by atoms with Crippen LogP contribution in [0.25, 0.3) is 0 Å². The van der Waals surface area contributed by atoms with E-state index < -0.39 is 23.9 Å². The lowest BCUT2D eigenvalue weighted by atomic mass is 10.2. The van der Waals surface area contributed by atoms with Crippen LogP contribution in [0, 0.1) is 18.2 Å². The minimum atomic E-state index is -1.26. The number of carbonyl (C=O) groups excluding carboxylic acids is 1. The van der Waals surface area contributed by atoms with Gasteiger partial charge in [-0.3, -0.25) is 0 Å². The van der Waals surface area contributed by atoms with Gasteiger partial charge >= 0.3 is 12.0 Å². The highest BCUT2D eigenvalue weighted by atomic mass is 79.9. The molecule has 0 saturated carbocycles. The highest BCUT2D eigenvalue weighted by Crippen LogP contribution is 2.19. The van der Waals surface area contributed by atoms with Crippen LogP contribution in [0.1, 0.15) is 6.42 Å². The van der Waals surface area contributed by atoms with Crippen LogP contribution in [0.2, 0.25) is 0 Å². The van der Waals surface area contributed by atoms with Gasteiger partial charge in [0.2, 0.25) is 0 Å². The van der Waals surface area contributed by atoms with E-state index in [4.69, 9.17) is 11.5 Å². The number of amides is 2. The molecule has 0 radical (unpaired) electrons. The standard InChI is InChI=1S/C12H10BrFN2O3/c1-2-3-10(11(17)18)16-12(19)15-9-5-4-7(13)6-8(9)14/h1,4-6,10H,3H2,(H,17,18)(H2,15,16,19). The lowest BCUT2D eigenvalue weighted by Gasteiger charge is -2.13. The number of nitrogens with one attached hydrogen (secondary N) is 2. The van der Waals surface area contributed by atoms with Gasteiger partial charge in [0.05, 0.1) is 5.69 Å². The van der Waals surface area contributed by atoms with Crippen molar-refractivity contribution in [1.29, 1.82) is 0 Å². The van der Waals surface area contributed by atoms with Gasteiger partial charge in [0, 0.05) is 10.9 Å². The van der Waals surface area contributed by atoms with Gasteiger partial charge in [0.1, 0.15) is 11.9 Å². The van der Waals surface area contributed by atoms with E-state index in [0.29, 0.717) is 4.47 Å². The molecule has 0 fully saturated rings. The quantitative estimate of drug-likeness (QED) is 0.741. The fourth-order valence-electron chi connectivity index (χ4n) is 1.23. The van der Waals surface area contributed by atoms with Crippen LogP contribution < -0.4 is 10.6 Å². The fraction of sp³-hybridized carbons (Fsp3) is 0.167. The van der Waals surface area contributed by atoms with Crippen molar-refractivity contribution in [2.75, 3.05) is 5.32 Å². The Morgan fingerprint density at radius 1 is 1.53 bits per heavy atom. The number of benzene rings is 1. The Morgan fingerprint density at radius 2 is 2.21 bits per heavy atom. The molecule has 1 aromatic carbocycles. The predicted octanol–water partition coefficient (Wildman–Crippen LogP) is 2.19. The van der Waals surface area contributed by atoms with E-state index in [2.05, 4.69) is 32.5 Å².